The molecule has 0 spiro atoms. The average molecular weight is 568 g/mol. The van der Waals surface area contributed by atoms with Gasteiger partial charge in [0.15, 0.2) is 5.03 Å². The number of likely N-dealkylation sites (tertiary alicyclic amines) is 1. The minimum absolute atomic E-state index is 0.0169. The van der Waals surface area contributed by atoms with Gasteiger partial charge in [-0.15, -0.1) is 0 Å². The van der Waals surface area contributed by atoms with Gasteiger partial charge in [-0.05, 0) is 30.4 Å². The van der Waals surface area contributed by atoms with Crippen LogP contribution in [-0.2, 0) is 41.9 Å². The van der Waals surface area contributed by atoms with E-state index >= 15 is 0 Å². The van der Waals surface area contributed by atoms with Crippen LogP contribution in [0.5, 0.6) is 0 Å². The van der Waals surface area contributed by atoms with Gasteiger partial charge in [0.05, 0.1) is 30.5 Å². The number of aryl methyl sites for hydroxylation is 2. The lowest BCUT2D eigenvalue weighted by Gasteiger charge is -2.40. The summed E-state index contributed by atoms with van der Waals surface area (Å²) < 4.78 is 32.6. The molecule has 15 heteroatoms. The number of rotatable bonds is 7. The van der Waals surface area contributed by atoms with Gasteiger partial charge in [0.1, 0.15) is 17.9 Å². The second kappa shape index (κ2) is 10.7. The second-order valence-electron chi connectivity index (χ2n) is 10.1. The molecule has 0 aromatic carbocycles. The molecule has 0 saturated carbocycles. The SMILES string of the molecule is Cn1cnc(S(=O)(=O)N(CC2CCN(C(=O)O)CC2)C2Cc3cc(C#N)cnc3N(Cc3cncn3C)C2=O)c1. The molecule has 0 radical (unpaired) electrons. The number of fused-ring (bicyclic) bond motifs is 1. The monoisotopic (exact) mass is 567 g/mol. The fourth-order valence-electron chi connectivity index (χ4n) is 5.21. The minimum Gasteiger partial charge on any atom is -0.465 e. The van der Waals surface area contributed by atoms with E-state index in [4.69, 9.17) is 0 Å². The summed E-state index contributed by atoms with van der Waals surface area (Å²) in [6.07, 6.45) is 7.32. The van der Waals surface area contributed by atoms with Crippen molar-refractivity contribution >= 4 is 27.8 Å². The molecule has 1 fully saturated rings. The van der Waals surface area contributed by atoms with Gasteiger partial charge in [0, 0.05) is 58.7 Å². The number of hydrogen-bond donors (Lipinski definition) is 1. The number of pyridine rings is 1. The van der Waals surface area contributed by atoms with Crippen molar-refractivity contribution in [1.29, 1.82) is 5.26 Å². The number of aromatic nitrogens is 5. The van der Waals surface area contributed by atoms with Crippen LogP contribution in [0.15, 0.2) is 42.3 Å². The lowest BCUT2D eigenvalue weighted by atomic mass is 9.94. The molecule has 2 aliphatic rings. The Hall–Kier alpha value is -4.29. The van der Waals surface area contributed by atoms with Crippen molar-refractivity contribution in [1.82, 2.24) is 33.3 Å². The zero-order valence-corrected chi connectivity index (χ0v) is 22.9. The molecule has 40 heavy (non-hydrogen) atoms. The van der Waals surface area contributed by atoms with E-state index in [1.807, 2.05) is 0 Å². The molecule has 3 aromatic rings. The van der Waals surface area contributed by atoms with Gasteiger partial charge in [-0.25, -0.2) is 28.2 Å². The molecular weight excluding hydrogens is 538 g/mol. The second-order valence-corrected chi connectivity index (χ2v) is 12.0. The van der Waals surface area contributed by atoms with Gasteiger partial charge in [-0.2, -0.15) is 9.57 Å². The third kappa shape index (κ3) is 5.15. The molecule has 210 valence electrons. The molecule has 2 aliphatic heterocycles. The van der Waals surface area contributed by atoms with E-state index < -0.39 is 28.1 Å². The van der Waals surface area contributed by atoms with Crippen molar-refractivity contribution in [2.45, 2.75) is 36.9 Å². The van der Waals surface area contributed by atoms with Crippen molar-refractivity contribution in [3.05, 3.63) is 54.1 Å². The van der Waals surface area contributed by atoms with Gasteiger partial charge in [-0.3, -0.25) is 9.69 Å². The van der Waals surface area contributed by atoms with Crippen molar-refractivity contribution in [3.63, 3.8) is 0 Å². The van der Waals surface area contributed by atoms with E-state index in [1.165, 1.54) is 37.4 Å². The zero-order chi connectivity index (χ0) is 28.6. The molecule has 1 N–H and O–H groups in total. The highest BCUT2D eigenvalue weighted by molar-refractivity contribution is 7.89. The van der Waals surface area contributed by atoms with E-state index in [-0.39, 0.29) is 43.5 Å². The quantitative estimate of drug-likeness (QED) is 0.437. The number of sulfonamides is 1. The summed E-state index contributed by atoms with van der Waals surface area (Å²) in [7, 11) is -0.781. The van der Waals surface area contributed by atoms with Crippen LogP contribution in [0.3, 0.4) is 0 Å². The van der Waals surface area contributed by atoms with E-state index in [9.17, 15) is 28.4 Å². The maximum absolute atomic E-state index is 14.2. The largest absolute Gasteiger partial charge is 0.465 e. The summed E-state index contributed by atoms with van der Waals surface area (Å²) in [6.45, 7) is 0.678. The summed E-state index contributed by atoms with van der Waals surface area (Å²) in [4.78, 5) is 40.9. The predicted molar refractivity (Wildman–Crippen MR) is 140 cm³/mol. The van der Waals surface area contributed by atoms with E-state index in [0.29, 0.717) is 35.5 Å². The summed E-state index contributed by atoms with van der Waals surface area (Å²) in [6, 6.07) is 2.57. The summed E-state index contributed by atoms with van der Waals surface area (Å²) >= 11 is 0. The summed E-state index contributed by atoms with van der Waals surface area (Å²) in [5.74, 6) is -0.253. The number of piperidine rings is 1. The Bertz CT molecular complexity index is 1580. The number of nitriles is 1. The molecule has 1 saturated heterocycles. The van der Waals surface area contributed by atoms with Gasteiger partial charge < -0.3 is 19.1 Å². The minimum atomic E-state index is -4.23. The Labute approximate surface area is 231 Å². The highest BCUT2D eigenvalue weighted by Gasteiger charge is 2.44. The lowest BCUT2D eigenvalue weighted by Crippen LogP contribution is -2.56. The Kier molecular flexibility index (Phi) is 7.30. The van der Waals surface area contributed by atoms with Gasteiger partial charge in [0.25, 0.3) is 10.0 Å². The third-order valence-corrected chi connectivity index (χ3v) is 9.21. The van der Waals surface area contributed by atoms with Crippen molar-refractivity contribution in [2.75, 3.05) is 24.5 Å². The van der Waals surface area contributed by atoms with E-state index in [0.717, 1.165) is 0 Å². The predicted octanol–water partition coefficient (Wildman–Crippen LogP) is 0.959. The molecule has 2 amide bonds. The Balaban J connectivity index is 1.55. The summed E-state index contributed by atoms with van der Waals surface area (Å²) in [5.41, 5.74) is 1.59. The number of imidazole rings is 2. The van der Waals surface area contributed by atoms with Crippen molar-refractivity contribution in [2.24, 2.45) is 20.0 Å². The van der Waals surface area contributed by atoms with Crippen LogP contribution in [0.4, 0.5) is 10.6 Å². The van der Waals surface area contributed by atoms with E-state index in [1.54, 1.807) is 37.3 Å². The Morgan fingerprint density at radius 3 is 2.55 bits per heavy atom. The smallest absolute Gasteiger partial charge is 0.407 e. The van der Waals surface area contributed by atoms with Crippen LogP contribution in [0.2, 0.25) is 0 Å². The Morgan fingerprint density at radius 2 is 1.95 bits per heavy atom. The van der Waals surface area contributed by atoms with Gasteiger partial charge >= 0.3 is 6.09 Å². The molecule has 1 atom stereocenters. The topological polar surface area (TPSA) is 171 Å². The average Bonchev–Trinajstić information content (AvgIpc) is 3.56. The maximum atomic E-state index is 14.2. The van der Waals surface area contributed by atoms with Crippen LogP contribution in [0.25, 0.3) is 0 Å². The Morgan fingerprint density at radius 1 is 1.20 bits per heavy atom. The molecule has 3 aromatic heterocycles. The highest BCUT2D eigenvalue weighted by Crippen LogP contribution is 2.33. The number of anilines is 1. The lowest BCUT2D eigenvalue weighted by molar-refractivity contribution is -0.123. The number of nitrogens with zero attached hydrogens (tertiary/aromatic N) is 9. The van der Waals surface area contributed by atoms with Crippen LogP contribution in [0, 0.1) is 17.2 Å². The fourth-order valence-corrected chi connectivity index (χ4v) is 6.84. The molecule has 1 unspecified atom stereocenters. The van der Waals surface area contributed by atoms with E-state index in [2.05, 4.69) is 21.0 Å². The third-order valence-electron chi connectivity index (χ3n) is 7.45. The molecule has 5 heterocycles. The highest BCUT2D eigenvalue weighted by atomic mass is 32.2. The molecule has 5 rings (SSSR count). The number of carbonyl (C=O) groups excluding carboxylic acids is 1. The van der Waals surface area contributed by atoms with Gasteiger partial charge in [-0.1, -0.05) is 0 Å². The zero-order valence-electron chi connectivity index (χ0n) is 22.1. The standard InChI is InChI=1S/C25H29N9O5S/c1-30-14-22(29-16-30)40(38,39)34(12-17-3-5-32(6-4-17)25(36)37)21-8-19-7-18(9-26)10-28-23(19)33(24(21)35)13-20-11-27-15-31(20)2/h7,10-11,14-17,21H,3-6,8,12-13H2,1-2H3,(H,36,37). The van der Waals surface area contributed by atoms with Crippen molar-refractivity contribution in [3.8, 4) is 6.07 Å². The molecule has 14 nitrogen and oxygen atoms in total. The first-order valence-corrected chi connectivity index (χ1v) is 14.2. The molecular formula is C25H29N9O5S. The molecule has 0 bridgehead atoms. The first-order valence-electron chi connectivity index (χ1n) is 12.7. The van der Waals surface area contributed by atoms with Crippen LogP contribution in [0.1, 0.15) is 29.7 Å². The summed E-state index contributed by atoms with van der Waals surface area (Å²) in [5, 5.41) is 18.6. The number of amides is 2. The molecule has 0 aliphatic carbocycles. The normalized spacial score (nSPS) is 18.1. The number of carbonyl (C=O) groups is 2. The van der Waals surface area contributed by atoms with Crippen LogP contribution in [-0.4, -0.2) is 84.5 Å². The van der Waals surface area contributed by atoms with Gasteiger partial charge in [0.2, 0.25) is 5.91 Å². The number of hydrogen-bond acceptors (Lipinski definition) is 8. The fraction of sp³-hybridized carbons (Fsp3) is 0.440. The first kappa shape index (κ1) is 27.3. The number of carboxylic acid groups (broad SMARTS) is 1. The maximum Gasteiger partial charge on any atom is 0.407 e. The van der Waals surface area contributed by atoms with Crippen LogP contribution < -0.4 is 4.90 Å². The first-order chi connectivity index (χ1) is 19.1. The van der Waals surface area contributed by atoms with Crippen molar-refractivity contribution < 1.29 is 23.1 Å². The van der Waals surface area contributed by atoms with Crippen LogP contribution >= 0.6 is 0 Å².